The average molecular weight is 511 g/mol. The van der Waals surface area contributed by atoms with Crippen molar-refractivity contribution in [3.63, 3.8) is 0 Å². The van der Waals surface area contributed by atoms with E-state index in [1.54, 1.807) is 24.3 Å². The van der Waals surface area contributed by atoms with E-state index in [1.165, 1.54) is 6.07 Å². The molecule has 2 amide bonds. The Kier molecular flexibility index (Phi) is 7.42. The van der Waals surface area contributed by atoms with Crippen LogP contribution in [0.2, 0.25) is 0 Å². The van der Waals surface area contributed by atoms with Crippen molar-refractivity contribution in [2.45, 2.75) is 31.9 Å². The minimum Gasteiger partial charge on any atom is -0.356 e. The van der Waals surface area contributed by atoms with Crippen molar-refractivity contribution in [3.8, 4) is 0 Å². The molecule has 1 unspecified atom stereocenters. The Balaban J connectivity index is 1.58. The number of hydrogen-bond donors (Lipinski definition) is 4. The molecule has 1 atom stereocenters. The largest absolute Gasteiger partial charge is 0.421 e. The van der Waals surface area contributed by atoms with Crippen LogP contribution in [0.15, 0.2) is 61.3 Å². The van der Waals surface area contributed by atoms with Crippen LogP contribution in [0.25, 0.3) is 0 Å². The zero-order valence-corrected chi connectivity index (χ0v) is 19.9. The predicted molar refractivity (Wildman–Crippen MR) is 135 cm³/mol. The van der Waals surface area contributed by atoms with Crippen LogP contribution >= 0.6 is 0 Å². The Morgan fingerprint density at radius 1 is 1.16 bits per heavy atom. The van der Waals surface area contributed by atoms with E-state index in [2.05, 4.69) is 37.8 Å². The second kappa shape index (κ2) is 10.7. The Hall–Kier alpha value is -4.41. The van der Waals surface area contributed by atoms with Gasteiger partial charge in [0.1, 0.15) is 11.4 Å². The molecule has 8 nitrogen and oxygen atoms in total. The summed E-state index contributed by atoms with van der Waals surface area (Å²) in [6.45, 7) is 5.86. The third kappa shape index (κ3) is 6.43. The van der Waals surface area contributed by atoms with Gasteiger partial charge in [0.25, 0.3) is 0 Å². The van der Waals surface area contributed by atoms with Crippen LogP contribution in [0.1, 0.15) is 35.4 Å². The van der Waals surface area contributed by atoms with E-state index in [1.807, 2.05) is 19.1 Å². The van der Waals surface area contributed by atoms with Gasteiger partial charge in [-0.25, -0.2) is 4.98 Å². The second-order valence-corrected chi connectivity index (χ2v) is 8.59. The van der Waals surface area contributed by atoms with Crippen molar-refractivity contribution >= 4 is 40.6 Å². The maximum Gasteiger partial charge on any atom is 0.421 e. The standard InChI is InChI=1S/C26H25F3N6O2/c1-3-22(36)32-18-5-4-6-19(13-18)33-24-20(26(27,28)29)14-31-25(35-24)34-21-8-7-16(11-15(21)2)17-9-10-30-23(37)12-17/h3-8,11,13-14,17H,1,9-10,12H2,2H3,(H,30,37)(H,32,36)(H2,31,33,34,35). The summed E-state index contributed by atoms with van der Waals surface area (Å²) in [5, 5.41) is 11.0. The molecule has 0 spiro atoms. The third-order valence-electron chi connectivity index (χ3n) is 5.89. The number of halogens is 3. The third-order valence-corrected chi connectivity index (χ3v) is 5.89. The molecule has 1 fully saturated rings. The van der Waals surface area contributed by atoms with Gasteiger partial charge >= 0.3 is 6.18 Å². The summed E-state index contributed by atoms with van der Waals surface area (Å²) in [5.41, 5.74) is 2.12. The van der Waals surface area contributed by atoms with Gasteiger partial charge in [-0.2, -0.15) is 18.2 Å². The highest BCUT2D eigenvalue weighted by molar-refractivity contribution is 5.99. The molecule has 2 aromatic carbocycles. The van der Waals surface area contributed by atoms with Gasteiger partial charge in [0, 0.05) is 36.2 Å². The van der Waals surface area contributed by atoms with Crippen molar-refractivity contribution in [2.75, 3.05) is 22.5 Å². The van der Waals surface area contributed by atoms with Crippen LogP contribution in [0.5, 0.6) is 0 Å². The van der Waals surface area contributed by atoms with E-state index in [4.69, 9.17) is 0 Å². The Labute approximate surface area is 211 Å². The smallest absolute Gasteiger partial charge is 0.356 e. The first-order chi connectivity index (χ1) is 17.6. The van der Waals surface area contributed by atoms with E-state index in [9.17, 15) is 22.8 Å². The summed E-state index contributed by atoms with van der Waals surface area (Å²) in [7, 11) is 0. The molecule has 0 bridgehead atoms. The number of aryl methyl sites for hydroxylation is 1. The summed E-state index contributed by atoms with van der Waals surface area (Å²) < 4.78 is 41.0. The number of rotatable bonds is 7. The number of alkyl halides is 3. The van der Waals surface area contributed by atoms with Crippen molar-refractivity contribution in [1.82, 2.24) is 15.3 Å². The SMILES string of the molecule is C=CC(=O)Nc1cccc(Nc2nc(Nc3ccc(C4CCNC(=O)C4)cc3C)ncc2C(F)(F)F)c1. The molecular weight excluding hydrogens is 485 g/mol. The number of aromatic nitrogens is 2. The van der Waals surface area contributed by atoms with Gasteiger partial charge in [0.15, 0.2) is 0 Å². The highest BCUT2D eigenvalue weighted by atomic mass is 19.4. The van der Waals surface area contributed by atoms with Gasteiger partial charge in [-0.3, -0.25) is 9.59 Å². The van der Waals surface area contributed by atoms with Gasteiger partial charge < -0.3 is 21.3 Å². The molecule has 1 aromatic heterocycles. The molecule has 1 aliphatic rings. The van der Waals surface area contributed by atoms with Crippen LogP contribution in [-0.2, 0) is 15.8 Å². The lowest BCUT2D eigenvalue weighted by molar-refractivity contribution is -0.137. The lowest BCUT2D eigenvalue weighted by atomic mass is 9.89. The zero-order chi connectivity index (χ0) is 26.6. The number of hydrogen-bond acceptors (Lipinski definition) is 6. The molecule has 37 heavy (non-hydrogen) atoms. The number of amides is 2. The summed E-state index contributed by atoms with van der Waals surface area (Å²) in [6, 6.07) is 11.9. The molecule has 1 saturated heterocycles. The monoisotopic (exact) mass is 510 g/mol. The molecule has 2 heterocycles. The molecule has 192 valence electrons. The number of benzene rings is 2. The summed E-state index contributed by atoms with van der Waals surface area (Å²) in [4.78, 5) is 31.3. The Morgan fingerprint density at radius 2 is 1.95 bits per heavy atom. The van der Waals surface area contributed by atoms with E-state index in [0.717, 1.165) is 23.6 Å². The van der Waals surface area contributed by atoms with Gasteiger partial charge in [-0.05, 0) is 60.7 Å². The fourth-order valence-electron chi connectivity index (χ4n) is 4.02. The normalized spacial score (nSPS) is 15.5. The minimum absolute atomic E-state index is 0.0166. The van der Waals surface area contributed by atoms with E-state index in [-0.39, 0.29) is 23.5 Å². The minimum atomic E-state index is -4.70. The van der Waals surface area contributed by atoms with Crippen molar-refractivity contribution in [2.24, 2.45) is 0 Å². The summed E-state index contributed by atoms with van der Waals surface area (Å²) in [5.74, 6) is -0.788. The maximum atomic E-state index is 13.7. The zero-order valence-electron chi connectivity index (χ0n) is 19.9. The first kappa shape index (κ1) is 25.7. The van der Waals surface area contributed by atoms with Crippen LogP contribution < -0.4 is 21.3 Å². The number of nitrogens with zero attached hydrogens (tertiary/aromatic N) is 2. The first-order valence-electron chi connectivity index (χ1n) is 11.5. The van der Waals surface area contributed by atoms with E-state index < -0.39 is 23.5 Å². The number of piperidine rings is 1. The maximum absolute atomic E-state index is 13.7. The fraction of sp³-hybridized carbons (Fsp3) is 0.231. The molecule has 4 rings (SSSR count). The van der Waals surface area contributed by atoms with Crippen LogP contribution in [0.3, 0.4) is 0 Å². The van der Waals surface area contributed by atoms with Gasteiger partial charge in [-0.1, -0.05) is 24.8 Å². The van der Waals surface area contributed by atoms with E-state index >= 15 is 0 Å². The average Bonchev–Trinajstić information content (AvgIpc) is 2.85. The lowest BCUT2D eigenvalue weighted by Gasteiger charge is -2.23. The molecule has 0 saturated carbocycles. The van der Waals surface area contributed by atoms with Crippen molar-refractivity contribution in [1.29, 1.82) is 0 Å². The number of nitrogens with one attached hydrogen (secondary N) is 4. The van der Waals surface area contributed by atoms with Gasteiger partial charge in [0.05, 0.1) is 0 Å². The first-order valence-corrected chi connectivity index (χ1v) is 11.5. The summed E-state index contributed by atoms with van der Waals surface area (Å²) in [6.07, 6.45) is -1.63. The van der Waals surface area contributed by atoms with E-state index in [0.29, 0.717) is 30.5 Å². The fourth-order valence-corrected chi connectivity index (χ4v) is 4.02. The van der Waals surface area contributed by atoms with Crippen molar-refractivity contribution < 1.29 is 22.8 Å². The summed E-state index contributed by atoms with van der Waals surface area (Å²) >= 11 is 0. The van der Waals surface area contributed by atoms with Crippen LogP contribution in [-0.4, -0.2) is 28.3 Å². The van der Waals surface area contributed by atoms with Gasteiger partial charge in [-0.15, -0.1) is 0 Å². The number of anilines is 5. The Bertz CT molecular complexity index is 1340. The quantitative estimate of drug-likeness (QED) is 0.317. The lowest BCUT2D eigenvalue weighted by Crippen LogP contribution is -2.32. The Morgan fingerprint density at radius 3 is 2.65 bits per heavy atom. The molecule has 11 heteroatoms. The molecule has 0 aliphatic carbocycles. The molecule has 3 aromatic rings. The number of carbonyl (C=O) groups excluding carboxylic acids is 2. The molecule has 0 radical (unpaired) electrons. The topological polar surface area (TPSA) is 108 Å². The number of carbonyl (C=O) groups is 2. The highest BCUT2D eigenvalue weighted by Gasteiger charge is 2.35. The predicted octanol–water partition coefficient (Wildman–Crippen LogP) is 5.41. The van der Waals surface area contributed by atoms with Crippen LogP contribution in [0, 0.1) is 6.92 Å². The van der Waals surface area contributed by atoms with Gasteiger partial charge in [0.2, 0.25) is 17.8 Å². The van der Waals surface area contributed by atoms with Crippen LogP contribution in [0.4, 0.5) is 42.0 Å². The molecule has 1 aliphatic heterocycles. The molecular formula is C26H25F3N6O2. The van der Waals surface area contributed by atoms with Crippen molar-refractivity contribution in [3.05, 3.63) is 78.0 Å². The second-order valence-electron chi connectivity index (χ2n) is 8.59. The highest BCUT2D eigenvalue weighted by Crippen LogP contribution is 2.36. The molecule has 4 N–H and O–H groups in total.